The molecule has 7 nitrogen and oxygen atoms in total. The molecule has 4 rings (SSSR count). The number of carboxylic acid groups (broad SMARTS) is 1. The van der Waals surface area contributed by atoms with Crippen LogP contribution in [0.2, 0.25) is 0 Å². The minimum Gasteiger partial charge on any atom is -0.489 e. The van der Waals surface area contributed by atoms with Crippen LogP contribution in [0, 0.1) is 5.92 Å². The zero-order chi connectivity index (χ0) is 28.0. The van der Waals surface area contributed by atoms with Gasteiger partial charge in [-0.05, 0) is 59.0 Å². The van der Waals surface area contributed by atoms with E-state index in [1.807, 2.05) is 42.5 Å². The lowest BCUT2D eigenvalue weighted by Crippen LogP contribution is -2.44. The molecule has 0 spiro atoms. The van der Waals surface area contributed by atoms with Gasteiger partial charge in [-0.2, -0.15) is 4.72 Å². The number of ether oxygens (including phenoxy) is 1. The van der Waals surface area contributed by atoms with Crippen LogP contribution >= 0.6 is 0 Å². The summed E-state index contributed by atoms with van der Waals surface area (Å²) in [5.41, 5.74) is 3.88. The molecule has 0 aliphatic rings. The number of aliphatic carboxylic acids is 1. The monoisotopic (exact) mass is 543 g/mol. The SMILES string of the molecule is CC(C)[C@@H](NS(=O)(=O)c1ccc(-c2ccc(COc3ccc(C(=O)c4ccccc4)cc3)cc2)cc1)C(=O)O. The quantitative estimate of drug-likeness (QED) is 0.240. The van der Waals surface area contributed by atoms with E-state index in [0.717, 1.165) is 16.7 Å². The molecule has 0 aliphatic carbocycles. The van der Waals surface area contributed by atoms with E-state index < -0.39 is 28.0 Å². The number of carbonyl (C=O) groups is 2. The number of benzene rings is 4. The molecule has 4 aromatic carbocycles. The van der Waals surface area contributed by atoms with Crippen molar-refractivity contribution in [3.63, 3.8) is 0 Å². The second-order valence-electron chi connectivity index (χ2n) is 9.41. The largest absolute Gasteiger partial charge is 0.489 e. The Hall–Kier alpha value is -4.27. The highest BCUT2D eigenvalue weighted by molar-refractivity contribution is 7.89. The molecule has 1 atom stereocenters. The number of sulfonamides is 1. The van der Waals surface area contributed by atoms with Gasteiger partial charge in [-0.15, -0.1) is 0 Å². The maximum absolute atomic E-state index is 12.6. The van der Waals surface area contributed by atoms with Crippen molar-refractivity contribution in [3.8, 4) is 16.9 Å². The molecular weight excluding hydrogens is 514 g/mol. The van der Waals surface area contributed by atoms with Crippen molar-refractivity contribution >= 4 is 21.8 Å². The molecule has 0 bridgehead atoms. The summed E-state index contributed by atoms with van der Waals surface area (Å²) in [7, 11) is -3.98. The van der Waals surface area contributed by atoms with E-state index in [2.05, 4.69) is 4.72 Å². The molecule has 0 fully saturated rings. The second-order valence-corrected chi connectivity index (χ2v) is 11.1. The maximum Gasteiger partial charge on any atom is 0.322 e. The highest BCUT2D eigenvalue weighted by Crippen LogP contribution is 2.23. The number of nitrogens with one attached hydrogen (secondary N) is 1. The van der Waals surface area contributed by atoms with E-state index in [-0.39, 0.29) is 10.7 Å². The predicted octanol–water partition coefficient (Wildman–Crippen LogP) is 5.55. The summed E-state index contributed by atoms with van der Waals surface area (Å²) in [5.74, 6) is -1.01. The van der Waals surface area contributed by atoms with Gasteiger partial charge in [-0.25, -0.2) is 8.42 Å². The van der Waals surface area contributed by atoms with E-state index in [9.17, 15) is 23.1 Å². The van der Waals surface area contributed by atoms with E-state index >= 15 is 0 Å². The first-order valence-corrected chi connectivity index (χ1v) is 13.9. The third kappa shape index (κ3) is 6.98. The number of carbonyl (C=O) groups excluding carboxylic acids is 1. The number of carboxylic acids is 1. The van der Waals surface area contributed by atoms with Crippen molar-refractivity contribution in [2.75, 3.05) is 0 Å². The topological polar surface area (TPSA) is 110 Å². The van der Waals surface area contributed by atoms with Gasteiger partial charge in [0.05, 0.1) is 4.90 Å². The van der Waals surface area contributed by atoms with Crippen molar-refractivity contribution in [2.45, 2.75) is 31.4 Å². The number of hydrogen-bond acceptors (Lipinski definition) is 5. The van der Waals surface area contributed by atoms with Crippen LogP contribution in [0.25, 0.3) is 11.1 Å². The zero-order valence-electron chi connectivity index (χ0n) is 21.6. The summed E-state index contributed by atoms with van der Waals surface area (Å²) in [6.07, 6.45) is 0. The van der Waals surface area contributed by atoms with E-state index in [0.29, 0.717) is 23.5 Å². The molecule has 2 N–H and O–H groups in total. The Morgan fingerprint density at radius 1 is 0.769 bits per heavy atom. The Morgan fingerprint density at radius 3 is 1.85 bits per heavy atom. The maximum atomic E-state index is 12.6. The average molecular weight is 544 g/mol. The minimum atomic E-state index is -3.98. The first kappa shape index (κ1) is 27.8. The van der Waals surface area contributed by atoms with Crippen LogP contribution in [0.5, 0.6) is 5.75 Å². The van der Waals surface area contributed by atoms with Crippen LogP contribution in [0.1, 0.15) is 35.3 Å². The molecule has 0 heterocycles. The van der Waals surface area contributed by atoms with Gasteiger partial charge in [0.1, 0.15) is 18.4 Å². The molecule has 0 aliphatic heterocycles. The minimum absolute atomic E-state index is 0.000317. The van der Waals surface area contributed by atoms with Gasteiger partial charge in [0.25, 0.3) is 0 Å². The van der Waals surface area contributed by atoms with Crippen LogP contribution in [0.4, 0.5) is 0 Å². The lowest BCUT2D eigenvalue weighted by molar-refractivity contribution is -0.140. The standard InChI is InChI=1S/C31H29NO6S/c1-21(2)29(31(34)35)32-39(36,37)28-18-14-24(15-19-28)23-10-8-22(9-11-23)20-38-27-16-12-26(13-17-27)30(33)25-6-4-3-5-7-25/h3-19,21,29,32H,20H2,1-2H3,(H,34,35)/t29-/m1/s1. The molecule has 0 radical (unpaired) electrons. The summed E-state index contributed by atoms with van der Waals surface area (Å²) in [6.45, 7) is 3.63. The van der Waals surface area contributed by atoms with Crippen molar-refractivity contribution in [1.29, 1.82) is 0 Å². The van der Waals surface area contributed by atoms with Gasteiger partial charge in [0.15, 0.2) is 5.78 Å². The highest BCUT2D eigenvalue weighted by atomic mass is 32.2. The van der Waals surface area contributed by atoms with Gasteiger partial charge in [0, 0.05) is 11.1 Å². The Labute approximate surface area is 228 Å². The molecule has 4 aromatic rings. The molecule has 0 amide bonds. The van der Waals surface area contributed by atoms with Gasteiger partial charge in [-0.1, -0.05) is 80.6 Å². The summed E-state index contributed by atoms with van der Waals surface area (Å²) in [5, 5.41) is 9.29. The van der Waals surface area contributed by atoms with Crippen molar-refractivity contribution in [3.05, 3.63) is 120 Å². The fraction of sp³-hybridized carbons (Fsp3) is 0.161. The van der Waals surface area contributed by atoms with Crippen molar-refractivity contribution < 1.29 is 27.9 Å². The van der Waals surface area contributed by atoms with Gasteiger partial charge >= 0.3 is 5.97 Å². The van der Waals surface area contributed by atoms with Crippen molar-refractivity contribution in [1.82, 2.24) is 4.72 Å². The number of rotatable bonds is 11. The fourth-order valence-electron chi connectivity index (χ4n) is 3.95. The van der Waals surface area contributed by atoms with Gasteiger partial charge in [0.2, 0.25) is 10.0 Å². The average Bonchev–Trinajstić information content (AvgIpc) is 2.95. The first-order valence-electron chi connectivity index (χ1n) is 12.4. The van der Waals surface area contributed by atoms with Crippen LogP contribution in [-0.4, -0.2) is 31.3 Å². The summed E-state index contributed by atoms with van der Waals surface area (Å²) < 4.78 is 33.4. The third-order valence-electron chi connectivity index (χ3n) is 6.22. The Kier molecular flexibility index (Phi) is 8.59. The molecule has 39 heavy (non-hydrogen) atoms. The predicted molar refractivity (Wildman–Crippen MR) is 149 cm³/mol. The lowest BCUT2D eigenvalue weighted by Gasteiger charge is -2.18. The zero-order valence-corrected chi connectivity index (χ0v) is 22.4. The van der Waals surface area contributed by atoms with Gasteiger partial charge < -0.3 is 9.84 Å². The molecule has 200 valence electrons. The normalized spacial score (nSPS) is 12.2. The Bertz CT molecular complexity index is 1530. The molecule has 0 unspecified atom stereocenters. The number of ketones is 1. The molecule has 0 aromatic heterocycles. The summed E-state index contributed by atoms with van der Waals surface area (Å²) in [4.78, 5) is 23.9. The summed E-state index contributed by atoms with van der Waals surface area (Å²) in [6, 6.07) is 28.9. The molecule has 0 saturated carbocycles. The third-order valence-corrected chi connectivity index (χ3v) is 7.68. The molecule has 8 heteroatoms. The smallest absolute Gasteiger partial charge is 0.322 e. The van der Waals surface area contributed by atoms with Crippen LogP contribution in [0.15, 0.2) is 108 Å². The second kappa shape index (κ2) is 12.1. The Balaban J connectivity index is 1.36. The van der Waals surface area contributed by atoms with Crippen LogP contribution in [0.3, 0.4) is 0 Å². The lowest BCUT2D eigenvalue weighted by atomic mass is 10.0. The van der Waals surface area contributed by atoms with Crippen LogP contribution < -0.4 is 9.46 Å². The fourth-order valence-corrected chi connectivity index (χ4v) is 5.29. The molecule has 0 saturated heterocycles. The van der Waals surface area contributed by atoms with E-state index in [4.69, 9.17) is 4.74 Å². The Morgan fingerprint density at radius 2 is 1.31 bits per heavy atom. The number of hydrogen-bond donors (Lipinski definition) is 2. The highest BCUT2D eigenvalue weighted by Gasteiger charge is 2.28. The van der Waals surface area contributed by atoms with E-state index in [1.165, 1.54) is 12.1 Å². The summed E-state index contributed by atoms with van der Waals surface area (Å²) >= 11 is 0. The molecular formula is C31H29NO6S. The van der Waals surface area contributed by atoms with Crippen molar-refractivity contribution in [2.24, 2.45) is 5.92 Å². The van der Waals surface area contributed by atoms with Crippen LogP contribution in [-0.2, 0) is 21.4 Å². The van der Waals surface area contributed by atoms with Gasteiger partial charge in [-0.3, -0.25) is 9.59 Å². The van der Waals surface area contributed by atoms with E-state index in [1.54, 1.807) is 62.4 Å². The first-order chi connectivity index (χ1) is 18.6.